The number of hydrogen-bond acceptors (Lipinski definition) is 4. The number of nitro benzene ring substituents is 1. The molecule has 0 saturated carbocycles. The normalized spacial score (nSPS) is 11.1. The minimum Gasteiger partial charge on any atom is -0.435 e. The first kappa shape index (κ1) is 9.50. The highest BCUT2D eigenvalue weighted by Gasteiger charge is 2.17. The highest BCUT2D eigenvalue weighted by Crippen LogP contribution is 2.25. The number of nitrogens with zero attached hydrogens (tertiary/aromatic N) is 2. The second-order valence-corrected chi connectivity index (χ2v) is 2.76. The van der Waals surface area contributed by atoms with E-state index in [-0.39, 0.29) is 16.8 Å². The summed E-state index contributed by atoms with van der Waals surface area (Å²) in [6.45, 7) is 0. The lowest BCUT2D eigenvalue weighted by Crippen LogP contribution is -1.86. The van der Waals surface area contributed by atoms with Crippen molar-refractivity contribution in [3.05, 3.63) is 34.2 Å². The van der Waals surface area contributed by atoms with Crippen molar-refractivity contribution in [1.29, 1.82) is 0 Å². The molecule has 1 aromatic heterocycles. The molecule has 0 aliphatic rings. The third-order valence-electron chi connectivity index (χ3n) is 1.79. The molecular weight excluding hydrogens is 210 g/mol. The van der Waals surface area contributed by atoms with Crippen LogP contribution in [0.25, 0.3) is 11.1 Å². The molecule has 0 saturated heterocycles. The fourth-order valence-electron chi connectivity index (χ4n) is 1.14. The maximum absolute atomic E-state index is 12.2. The highest BCUT2D eigenvalue weighted by atomic mass is 19.3. The molecule has 78 valence electrons. The highest BCUT2D eigenvalue weighted by molar-refractivity contribution is 5.75. The van der Waals surface area contributed by atoms with E-state index in [1.54, 1.807) is 0 Å². The lowest BCUT2D eigenvalue weighted by Gasteiger charge is -1.88. The number of rotatable bonds is 2. The average Bonchev–Trinajstić information content (AvgIpc) is 2.59. The summed E-state index contributed by atoms with van der Waals surface area (Å²) in [6, 6.07) is 3.50. The van der Waals surface area contributed by atoms with Gasteiger partial charge in [-0.2, -0.15) is 8.78 Å². The number of alkyl halides is 2. The van der Waals surface area contributed by atoms with Crippen LogP contribution in [-0.4, -0.2) is 9.91 Å². The third-order valence-corrected chi connectivity index (χ3v) is 1.79. The van der Waals surface area contributed by atoms with Crippen LogP contribution in [0.2, 0.25) is 0 Å². The SMILES string of the molecule is O=[N+]([O-])c1ccc2oc(C(F)F)nc2c1. The van der Waals surface area contributed by atoms with Gasteiger partial charge in [-0.1, -0.05) is 0 Å². The number of benzene rings is 1. The molecule has 0 atom stereocenters. The minimum atomic E-state index is -2.82. The Morgan fingerprint density at radius 2 is 2.20 bits per heavy atom. The van der Waals surface area contributed by atoms with Crippen molar-refractivity contribution in [2.75, 3.05) is 0 Å². The van der Waals surface area contributed by atoms with E-state index in [1.165, 1.54) is 12.1 Å². The first-order valence-corrected chi connectivity index (χ1v) is 3.91. The Kier molecular flexibility index (Phi) is 2.07. The molecule has 0 aliphatic heterocycles. The zero-order valence-electron chi connectivity index (χ0n) is 7.18. The number of non-ortho nitro benzene ring substituents is 1. The van der Waals surface area contributed by atoms with Crippen molar-refractivity contribution in [3.8, 4) is 0 Å². The van der Waals surface area contributed by atoms with Crippen molar-refractivity contribution in [1.82, 2.24) is 4.98 Å². The first-order chi connectivity index (χ1) is 7.08. The van der Waals surface area contributed by atoms with Gasteiger partial charge in [0.05, 0.1) is 4.92 Å². The summed E-state index contributed by atoms with van der Waals surface area (Å²) < 4.78 is 29.0. The summed E-state index contributed by atoms with van der Waals surface area (Å²) in [7, 11) is 0. The minimum absolute atomic E-state index is 0.0551. The van der Waals surface area contributed by atoms with E-state index in [2.05, 4.69) is 9.40 Å². The van der Waals surface area contributed by atoms with Crippen molar-refractivity contribution in [2.45, 2.75) is 6.43 Å². The molecule has 5 nitrogen and oxygen atoms in total. The fraction of sp³-hybridized carbons (Fsp3) is 0.125. The zero-order valence-corrected chi connectivity index (χ0v) is 7.18. The zero-order chi connectivity index (χ0) is 11.0. The molecule has 0 unspecified atom stereocenters. The Morgan fingerprint density at radius 3 is 2.80 bits per heavy atom. The Hall–Kier alpha value is -2.05. The number of hydrogen-bond donors (Lipinski definition) is 0. The van der Waals surface area contributed by atoms with Crippen LogP contribution in [0.5, 0.6) is 0 Å². The summed E-state index contributed by atoms with van der Waals surface area (Å²) in [5, 5.41) is 10.4. The number of fused-ring (bicyclic) bond motifs is 1. The molecule has 1 heterocycles. The first-order valence-electron chi connectivity index (χ1n) is 3.91. The van der Waals surface area contributed by atoms with E-state index in [0.29, 0.717) is 0 Å². The summed E-state index contributed by atoms with van der Waals surface area (Å²) in [6.07, 6.45) is -2.82. The van der Waals surface area contributed by atoms with Gasteiger partial charge in [0.15, 0.2) is 5.58 Å². The van der Waals surface area contributed by atoms with Gasteiger partial charge >= 0.3 is 6.43 Å². The van der Waals surface area contributed by atoms with E-state index in [1.807, 2.05) is 0 Å². The molecule has 7 heteroatoms. The monoisotopic (exact) mass is 214 g/mol. The Labute approximate surface area is 81.5 Å². The van der Waals surface area contributed by atoms with E-state index in [9.17, 15) is 18.9 Å². The maximum atomic E-state index is 12.2. The van der Waals surface area contributed by atoms with Gasteiger partial charge in [-0.25, -0.2) is 4.98 Å². The lowest BCUT2D eigenvalue weighted by atomic mass is 10.3. The van der Waals surface area contributed by atoms with Crippen molar-refractivity contribution < 1.29 is 18.1 Å². The van der Waals surface area contributed by atoms with Crippen LogP contribution in [0.3, 0.4) is 0 Å². The van der Waals surface area contributed by atoms with Gasteiger partial charge in [-0.3, -0.25) is 10.1 Å². The van der Waals surface area contributed by atoms with Gasteiger partial charge < -0.3 is 4.42 Å². The van der Waals surface area contributed by atoms with Gasteiger partial charge in [-0.15, -0.1) is 0 Å². The fourth-order valence-corrected chi connectivity index (χ4v) is 1.14. The van der Waals surface area contributed by atoms with Gasteiger partial charge in [0, 0.05) is 12.1 Å². The van der Waals surface area contributed by atoms with Gasteiger partial charge in [-0.05, 0) is 6.07 Å². The molecule has 0 aliphatic carbocycles. The summed E-state index contributed by atoms with van der Waals surface area (Å²) >= 11 is 0. The number of nitro groups is 1. The summed E-state index contributed by atoms with van der Waals surface area (Å²) in [5.74, 6) is -0.731. The molecule has 0 N–H and O–H groups in total. The summed E-state index contributed by atoms with van der Waals surface area (Å²) in [5.41, 5.74) is -0.0491. The van der Waals surface area contributed by atoms with E-state index in [0.717, 1.165) is 6.07 Å². The third kappa shape index (κ3) is 1.63. The van der Waals surface area contributed by atoms with Crippen molar-refractivity contribution in [3.63, 3.8) is 0 Å². The van der Waals surface area contributed by atoms with Crippen LogP contribution in [0.15, 0.2) is 22.6 Å². The predicted octanol–water partition coefficient (Wildman–Crippen LogP) is 2.67. The van der Waals surface area contributed by atoms with E-state index in [4.69, 9.17) is 0 Å². The van der Waals surface area contributed by atoms with Crippen LogP contribution in [0.1, 0.15) is 12.3 Å². The Morgan fingerprint density at radius 1 is 1.47 bits per heavy atom. The maximum Gasteiger partial charge on any atom is 0.313 e. The molecule has 0 amide bonds. The van der Waals surface area contributed by atoms with Crippen molar-refractivity contribution in [2.24, 2.45) is 0 Å². The van der Waals surface area contributed by atoms with Gasteiger partial charge in [0.1, 0.15) is 5.52 Å². The Balaban J connectivity index is 2.57. The number of aromatic nitrogens is 1. The molecule has 1 aromatic carbocycles. The molecule has 0 bridgehead atoms. The molecule has 0 fully saturated rings. The largest absolute Gasteiger partial charge is 0.435 e. The second kappa shape index (κ2) is 3.26. The van der Waals surface area contributed by atoms with E-state index >= 15 is 0 Å². The van der Waals surface area contributed by atoms with Crippen LogP contribution in [0, 0.1) is 10.1 Å². The quantitative estimate of drug-likeness (QED) is 0.569. The van der Waals surface area contributed by atoms with E-state index < -0.39 is 17.2 Å². The molecular formula is C8H4F2N2O3. The molecule has 0 spiro atoms. The van der Waals surface area contributed by atoms with Gasteiger partial charge in [0.2, 0.25) is 0 Å². The smallest absolute Gasteiger partial charge is 0.313 e. The predicted molar refractivity (Wildman–Crippen MR) is 45.6 cm³/mol. The van der Waals surface area contributed by atoms with Crippen LogP contribution < -0.4 is 0 Å². The molecule has 0 radical (unpaired) electrons. The average molecular weight is 214 g/mol. The van der Waals surface area contributed by atoms with Crippen LogP contribution in [0.4, 0.5) is 14.5 Å². The summed E-state index contributed by atoms with van der Waals surface area (Å²) in [4.78, 5) is 13.2. The molecule has 15 heavy (non-hydrogen) atoms. The topological polar surface area (TPSA) is 69.2 Å². The van der Waals surface area contributed by atoms with Gasteiger partial charge in [0.25, 0.3) is 11.6 Å². The second-order valence-electron chi connectivity index (χ2n) is 2.76. The molecule has 2 aromatic rings. The van der Waals surface area contributed by atoms with Crippen LogP contribution in [-0.2, 0) is 0 Å². The van der Waals surface area contributed by atoms with Crippen molar-refractivity contribution >= 4 is 16.8 Å². The number of oxazole rings is 1. The number of halogens is 2. The lowest BCUT2D eigenvalue weighted by molar-refractivity contribution is -0.384. The standard InChI is InChI=1S/C8H4F2N2O3/c9-7(10)8-11-5-3-4(12(13)14)1-2-6(5)15-8/h1-3,7H. The Bertz CT molecular complexity index is 524. The molecule has 2 rings (SSSR count). The van der Waals surface area contributed by atoms with Crippen LogP contribution >= 0.6 is 0 Å².